The van der Waals surface area contributed by atoms with Crippen LogP contribution in [-0.2, 0) is 9.59 Å². The highest BCUT2D eigenvalue weighted by molar-refractivity contribution is 6.30. The molecule has 0 aliphatic heterocycles. The van der Waals surface area contributed by atoms with Crippen LogP contribution in [-0.4, -0.2) is 24.2 Å². The van der Waals surface area contributed by atoms with Crippen LogP contribution in [0.15, 0.2) is 90.0 Å². The number of benzene rings is 3. The van der Waals surface area contributed by atoms with E-state index in [2.05, 4.69) is 10.5 Å². The molecular formula is C25H21ClN2O4. The van der Waals surface area contributed by atoms with E-state index in [0.29, 0.717) is 22.1 Å². The van der Waals surface area contributed by atoms with Gasteiger partial charge in [-0.05, 0) is 66.6 Å². The maximum Gasteiger partial charge on any atom is 0.336 e. The molecule has 32 heavy (non-hydrogen) atoms. The van der Waals surface area contributed by atoms with Crippen LogP contribution in [0, 0.1) is 0 Å². The molecule has 7 heteroatoms. The molecule has 0 aromatic heterocycles. The first kappa shape index (κ1) is 22.8. The topological polar surface area (TPSA) is 77.0 Å². The molecule has 162 valence electrons. The predicted octanol–water partition coefficient (Wildman–Crippen LogP) is 4.88. The third-order valence-electron chi connectivity index (χ3n) is 4.18. The molecule has 0 bridgehead atoms. The minimum absolute atomic E-state index is 0.400. The van der Waals surface area contributed by atoms with Crippen molar-refractivity contribution in [2.45, 2.75) is 13.0 Å². The van der Waals surface area contributed by atoms with Crippen molar-refractivity contribution in [3.05, 3.63) is 101 Å². The Hall–Kier alpha value is -3.90. The highest BCUT2D eigenvalue weighted by atomic mass is 35.5. The van der Waals surface area contributed by atoms with Crippen molar-refractivity contribution in [1.29, 1.82) is 0 Å². The van der Waals surface area contributed by atoms with Gasteiger partial charge in [-0.2, -0.15) is 5.10 Å². The number of hydrogen-bond acceptors (Lipinski definition) is 5. The van der Waals surface area contributed by atoms with Gasteiger partial charge >= 0.3 is 5.97 Å². The number of hydrogen-bond donors (Lipinski definition) is 1. The van der Waals surface area contributed by atoms with E-state index in [1.54, 1.807) is 61.5 Å². The Kier molecular flexibility index (Phi) is 8.17. The summed E-state index contributed by atoms with van der Waals surface area (Å²) in [5, 5.41) is 4.45. The van der Waals surface area contributed by atoms with Crippen LogP contribution >= 0.6 is 11.6 Å². The van der Waals surface area contributed by atoms with Gasteiger partial charge in [-0.25, -0.2) is 10.2 Å². The summed E-state index contributed by atoms with van der Waals surface area (Å²) in [6.45, 7) is 1.61. The fourth-order valence-corrected chi connectivity index (χ4v) is 2.74. The van der Waals surface area contributed by atoms with Gasteiger partial charge in [0.1, 0.15) is 11.5 Å². The lowest BCUT2D eigenvalue weighted by molar-refractivity contribution is -0.129. The van der Waals surface area contributed by atoms with Crippen molar-refractivity contribution in [2.75, 3.05) is 0 Å². The second-order valence-corrected chi connectivity index (χ2v) is 7.12. The van der Waals surface area contributed by atoms with Gasteiger partial charge in [0.2, 0.25) is 0 Å². The molecule has 0 spiro atoms. The van der Waals surface area contributed by atoms with E-state index >= 15 is 0 Å². The normalized spacial score (nSPS) is 11.9. The first-order chi connectivity index (χ1) is 15.5. The van der Waals surface area contributed by atoms with Crippen molar-refractivity contribution in [3.63, 3.8) is 0 Å². The van der Waals surface area contributed by atoms with Crippen molar-refractivity contribution >= 4 is 35.8 Å². The van der Waals surface area contributed by atoms with Gasteiger partial charge in [0.25, 0.3) is 5.91 Å². The number of carbonyl (C=O) groups is 2. The minimum Gasteiger partial charge on any atom is -0.481 e. The quantitative estimate of drug-likeness (QED) is 0.175. The van der Waals surface area contributed by atoms with Gasteiger partial charge in [-0.15, -0.1) is 0 Å². The van der Waals surface area contributed by atoms with Gasteiger partial charge in [0.15, 0.2) is 6.10 Å². The Bertz CT molecular complexity index is 1110. The van der Waals surface area contributed by atoms with Crippen LogP contribution in [0.1, 0.15) is 18.1 Å². The Labute approximate surface area is 191 Å². The summed E-state index contributed by atoms with van der Waals surface area (Å²) >= 11 is 5.90. The molecule has 3 aromatic rings. The Morgan fingerprint density at radius 3 is 2.41 bits per heavy atom. The monoisotopic (exact) mass is 448 g/mol. The highest BCUT2D eigenvalue weighted by Crippen LogP contribution is 2.18. The molecule has 1 atom stereocenters. The molecule has 3 rings (SSSR count). The SMILES string of the molecule is CC(Oc1cccc(Cl)c1)C(=O)N/N=C/c1ccc(OC(=O)/C=C/c2ccccc2)cc1. The van der Waals surface area contributed by atoms with Crippen LogP contribution in [0.4, 0.5) is 0 Å². The Morgan fingerprint density at radius 2 is 1.69 bits per heavy atom. The summed E-state index contributed by atoms with van der Waals surface area (Å²) in [6, 6.07) is 23.0. The lowest BCUT2D eigenvalue weighted by Gasteiger charge is -2.12. The zero-order valence-corrected chi connectivity index (χ0v) is 18.0. The molecule has 6 nitrogen and oxygen atoms in total. The number of nitrogens with zero attached hydrogens (tertiary/aromatic N) is 1. The van der Waals surface area contributed by atoms with Gasteiger partial charge in [-0.1, -0.05) is 48.0 Å². The third kappa shape index (κ3) is 7.41. The number of esters is 1. The van der Waals surface area contributed by atoms with Crippen LogP contribution in [0.25, 0.3) is 6.08 Å². The first-order valence-corrected chi connectivity index (χ1v) is 10.2. The van der Waals surface area contributed by atoms with Crippen molar-refractivity contribution in [1.82, 2.24) is 5.43 Å². The van der Waals surface area contributed by atoms with Crippen LogP contribution < -0.4 is 14.9 Å². The molecule has 1 N–H and O–H groups in total. The third-order valence-corrected chi connectivity index (χ3v) is 4.41. The van der Waals surface area contributed by atoms with Crippen LogP contribution in [0.3, 0.4) is 0 Å². The number of rotatable bonds is 8. The average Bonchev–Trinajstić information content (AvgIpc) is 2.79. The van der Waals surface area contributed by atoms with E-state index in [0.717, 1.165) is 5.56 Å². The summed E-state index contributed by atoms with van der Waals surface area (Å²) < 4.78 is 10.8. The Balaban J connectivity index is 1.46. The zero-order chi connectivity index (χ0) is 22.8. The number of nitrogens with one attached hydrogen (secondary N) is 1. The summed E-state index contributed by atoms with van der Waals surface area (Å²) in [7, 11) is 0. The predicted molar refractivity (Wildman–Crippen MR) is 125 cm³/mol. The summed E-state index contributed by atoms with van der Waals surface area (Å²) in [5.74, 6) is 0.0125. The van der Waals surface area contributed by atoms with Crippen LogP contribution in [0.5, 0.6) is 11.5 Å². The van der Waals surface area contributed by atoms with E-state index < -0.39 is 18.0 Å². The molecule has 0 saturated carbocycles. The van der Waals surface area contributed by atoms with Gasteiger partial charge in [0, 0.05) is 11.1 Å². The standard InChI is InChI=1S/C25H21ClN2O4/c1-18(31-23-9-5-8-21(26)16-23)25(30)28-27-17-20-10-13-22(14-11-20)32-24(29)15-12-19-6-3-2-4-7-19/h2-18H,1H3,(H,28,30)/b15-12+,27-17+. The maximum atomic E-state index is 12.1. The molecule has 0 fully saturated rings. The molecule has 3 aromatic carbocycles. The lowest BCUT2D eigenvalue weighted by atomic mass is 10.2. The number of hydrazone groups is 1. The summed E-state index contributed by atoms with van der Waals surface area (Å²) in [5.41, 5.74) is 4.05. The molecule has 0 aliphatic carbocycles. The number of carbonyl (C=O) groups excluding carboxylic acids is 2. The molecule has 1 unspecified atom stereocenters. The van der Waals surface area contributed by atoms with Crippen molar-refractivity contribution in [3.8, 4) is 11.5 Å². The van der Waals surface area contributed by atoms with E-state index in [4.69, 9.17) is 21.1 Å². The molecule has 0 radical (unpaired) electrons. The molecular weight excluding hydrogens is 428 g/mol. The lowest BCUT2D eigenvalue weighted by Crippen LogP contribution is -2.33. The number of ether oxygens (including phenoxy) is 2. The zero-order valence-electron chi connectivity index (χ0n) is 17.3. The molecule has 1 amide bonds. The fraction of sp³-hybridized carbons (Fsp3) is 0.0800. The largest absolute Gasteiger partial charge is 0.481 e. The molecule has 0 heterocycles. The van der Waals surface area contributed by atoms with Gasteiger partial charge < -0.3 is 9.47 Å². The van der Waals surface area contributed by atoms with E-state index in [1.165, 1.54) is 12.3 Å². The second kappa shape index (κ2) is 11.5. The first-order valence-electron chi connectivity index (χ1n) is 9.80. The second-order valence-electron chi connectivity index (χ2n) is 6.69. The maximum absolute atomic E-state index is 12.1. The van der Waals surface area contributed by atoms with E-state index in [-0.39, 0.29) is 0 Å². The van der Waals surface area contributed by atoms with Gasteiger partial charge in [-0.3, -0.25) is 4.79 Å². The Morgan fingerprint density at radius 1 is 0.938 bits per heavy atom. The van der Waals surface area contributed by atoms with Crippen molar-refractivity contribution in [2.24, 2.45) is 5.10 Å². The average molecular weight is 449 g/mol. The number of amides is 1. The molecule has 0 aliphatic rings. The smallest absolute Gasteiger partial charge is 0.336 e. The van der Waals surface area contributed by atoms with E-state index in [9.17, 15) is 9.59 Å². The highest BCUT2D eigenvalue weighted by Gasteiger charge is 2.13. The fourth-order valence-electron chi connectivity index (χ4n) is 2.56. The van der Waals surface area contributed by atoms with Crippen molar-refractivity contribution < 1.29 is 19.1 Å². The van der Waals surface area contributed by atoms with E-state index in [1.807, 2.05) is 30.3 Å². The van der Waals surface area contributed by atoms with Crippen LogP contribution in [0.2, 0.25) is 5.02 Å². The molecule has 0 saturated heterocycles. The van der Waals surface area contributed by atoms with Gasteiger partial charge in [0.05, 0.1) is 6.21 Å². The minimum atomic E-state index is -0.753. The summed E-state index contributed by atoms with van der Waals surface area (Å²) in [4.78, 5) is 24.0. The summed E-state index contributed by atoms with van der Waals surface area (Å²) in [6.07, 6.45) is 3.78. The number of halogens is 1.